The lowest BCUT2D eigenvalue weighted by atomic mass is 10.1. The van der Waals surface area contributed by atoms with E-state index in [2.05, 4.69) is 5.48 Å². The van der Waals surface area contributed by atoms with Crippen molar-refractivity contribution in [1.82, 2.24) is 5.48 Å². The highest BCUT2D eigenvalue weighted by Crippen LogP contribution is 2.22. The van der Waals surface area contributed by atoms with E-state index in [0.717, 1.165) is 5.56 Å². The molecule has 0 spiro atoms. The van der Waals surface area contributed by atoms with Gasteiger partial charge >= 0.3 is 0 Å². The average molecular weight is 163 g/mol. The Morgan fingerprint density at radius 2 is 2.00 bits per heavy atom. The van der Waals surface area contributed by atoms with E-state index < -0.39 is 0 Å². The van der Waals surface area contributed by atoms with Gasteiger partial charge in [-0.25, -0.2) is 0 Å². The summed E-state index contributed by atoms with van der Waals surface area (Å²) in [7, 11) is 0. The van der Waals surface area contributed by atoms with Gasteiger partial charge in [-0.3, -0.25) is 10.3 Å². The van der Waals surface area contributed by atoms with E-state index in [0.29, 0.717) is 0 Å². The van der Waals surface area contributed by atoms with Crippen molar-refractivity contribution >= 4 is 0 Å². The predicted octanol–water partition coefficient (Wildman–Crippen LogP) is 1.48. The topological polar surface area (TPSA) is 41.5 Å². The van der Waals surface area contributed by atoms with Crippen LogP contribution in [0.25, 0.3) is 0 Å². The fourth-order valence-electron chi connectivity index (χ4n) is 1.12. The average Bonchev–Trinajstić information content (AvgIpc) is 2.58. The van der Waals surface area contributed by atoms with Crippen LogP contribution in [-0.4, -0.2) is 5.11 Å². The molecule has 0 amide bonds. The normalized spacial score (nSPS) is 20.8. The lowest BCUT2D eigenvalue weighted by molar-refractivity contribution is 0.0470. The van der Waals surface area contributed by atoms with Crippen LogP contribution in [0.15, 0.2) is 36.5 Å². The van der Waals surface area contributed by atoms with Crippen LogP contribution >= 0.6 is 0 Å². The molecule has 2 N–H and O–H groups in total. The molecule has 62 valence electrons. The van der Waals surface area contributed by atoms with Gasteiger partial charge in [0.1, 0.15) is 11.9 Å². The highest BCUT2D eigenvalue weighted by atomic mass is 16.7. The maximum Gasteiger partial charge on any atom is 0.130 e. The second kappa shape index (κ2) is 2.87. The van der Waals surface area contributed by atoms with E-state index in [1.807, 2.05) is 18.2 Å². The van der Waals surface area contributed by atoms with Gasteiger partial charge < -0.3 is 5.11 Å². The first-order chi connectivity index (χ1) is 5.86. The lowest BCUT2D eigenvalue weighted by Crippen LogP contribution is -2.02. The van der Waals surface area contributed by atoms with Gasteiger partial charge in [-0.05, 0) is 23.8 Å². The minimum absolute atomic E-state index is 0.0365. The van der Waals surface area contributed by atoms with Crippen molar-refractivity contribution in [2.24, 2.45) is 0 Å². The fourth-order valence-corrected chi connectivity index (χ4v) is 1.12. The molecule has 1 aromatic rings. The second-order valence-corrected chi connectivity index (χ2v) is 2.61. The van der Waals surface area contributed by atoms with Crippen molar-refractivity contribution in [1.29, 1.82) is 0 Å². The summed E-state index contributed by atoms with van der Waals surface area (Å²) in [4.78, 5) is 5.14. The van der Waals surface area contributed by atoms with Gasteiger partial charge in [-0.2, -0.15) is 0 Å². The molecule has 1 heterocycles. The number of phenols is 1. The second-order valence-electron chi connectivity index (χ2n) is 2.61. The molecule has 12 heavy (non-hydrogen) atoms. The van der Waals surface area contributed by atoms with Crippen molar-refractivity contribution in [3.63, 3.8) is 0 Å². The Hall–Kier alpha value is -1.48. The van der Waals surface area contributed by atoms with Gasteiger partial charge in [-0.15, -0.1) is 0 Å². The minimum atomic E-state index is -0.0365. The molecule has 0 bridgehead atoms. The number of hydrogen-bond donors (Lipinski definition) is 2. The molecule has 0 aromatic heterocycles. The zero-order valence-electron chi connectivity index (χ0n) is 6.40. The number of benzene rings is 1. The first-order valence-electron chi connectivity index (χ1n) is 3.73. The third-order valence-corrected chi connectivity index (χ3v) is 1.76. The van der Waals surface area contributed by atoms with Gasteiger partial charge in [0.05, 0.1) is 0 Å². The molecule has 1 unspecified atom stereocenters. The molecule has 0 fully saturated rings. The first-order valence-corrected chi connectivity index (χ1v) is 3.73. The van der Waals surface area contributed by atoms with Gasteiger partial charge in [0.15, 0.2) is 0 Å². The summed E-state index contributed by atoms with van der Waals surface area (Å²) in [5.41, 5.74) is 3.66. The molecule has 2 rings (SSSR count). The Bertz CT molecular complexity index is 292. The number of hydroxylamine groups is 1. The molecular weight excluding hydrogens is 154 g/mol. The quantitative estimate of drug-likeness (QED) is 0.658. The Balaban J connectivity index is 2.23. The SMILES string of the molecule is Oc1ccc(C2C=CNO2)cc1. The number of aromatic hydroxyl groups is 1. The molecule has 0 radical (unpaired) electrons. The number of hydrogen-bond acceptors (Lipinski definition) is 3. The summed E-state index contributed by atoms with van der Waals surface area (Å²) in [6.07, 6.45) is 3.62. The molecule has 1 aliphatic heterocycles. The first kappa shape index (κ1) is 7.18. The Kier molecular flexibility index (Phi) is 1.72. The maximum atomic E-state index is 9.03. The zero-order valence-corrected chi connectivity index (χ0v) is 6.40. The Morgan fingerprint density at radius 1 is 1.25 bits per heavy atom. The van der Waals surface area contributed by atoms with E-state index in [-0.39, 0.29) is 11.9 Å². The molecular formula is C9H9NO2. The largest absolute Gasteiger partial charge is 0.508 e. The molecule has 3 heteroatoms. The third kappa shape index (κ3) is 1.26. The third-order valence-electron chi connectivity index (χ3n) is 1.76. The maximum absolute atomic E-state index is 9.03. The van der Waals surface area contributed by atoms with E-state index in [1.54, 1.807) is 18.3 Å². The Morgan fingerprint density at radius 3 is 2.58 bits per heavy atom. The monoisotopic (exact) mass is 163 g/mol. The van der Waals surface area contributed by atoms with Crippen LogP contribution in [0.3, 0.4) is 0 Å². The Labute approximate surface area is 70.2 Å². The lowest BCUT2D eigenvalue weighted by Gasteiger charge is -2.06. The van der Waals surface area contributed by atoms with Crippen LogP contribution in [0.4, 0.5) is 0 Å². The van der Waals surface area contributed by atoms with E-state index in [9.17, 15) is 0 Å². The van der Waals surface area contributed by atoms with E-state index >= 15 is 0 Å². The summed E-state index contributed by atoms with van der Waals surface area (Å²) in [6, 6.07) is 6.95. The molecule has 1 aliphatic rings. The molecule has 3 nitrogen and oxygen atoms in total. The molecule has 0 saturated carbocycles. The highest BCUT2D eigenvalue weighted by molar-refractivity contribution is 5.29. The minimum Gasteiger partial charge on any atom is -0.508 e. The summed E-state index contributed by atoms with van der Waals surface area (Å²) in [6.45, 7) is 0. The summed E-state index contributed by atoms with van der Waals surface area (Å²) >= 11 is 0. The number of rotatable bonds is 1. The van der Waals surface area contributed by atoms with Crippen molar-refractivity contribution in [2.75, 3.05) is 0 Å². The van der Waals surface area contributed by atoms with Gasteiger partial charge in [0.2, 0.25) is 0 Å². The van der Waals surface area contributed by atoms with Crippen LogP contribution in [0.2, 0.25) is 0 Å². The molecule has 1 aromatic carbocycles. The van der Waals surface area contributed by atoms with Crippen LogP contribution in [0, 0.1) is 0 Å². The van der Waals surface area contributed by atoms with Gasteiger partial charge in [-0.1, -0.05) is 12.1 Å². The number of nitrogens with one attached hydrogen (secondary N) is 1. The standard InChI is InChI=1S/C9H9NO2/c11-8-3-1-7(2-4-8)9-5-6-10-12-9/h1-6,9-11H. The highest BCUT2D eigenvalue weighted by Gasteiger charge is 2.11. The molecule has 1 atom stereocenters. The van der Waals surface area contributed by atoms with Crippen LogP contribution in [0.1, 0.15) is 11.7 Å². The van der Waals surface area contributed by atoms with Crippen molar-refractivity contribution in [3.8, 4) is 5.75 Å². The van der Waals surface area contributed by atoms with Crippen molar-refractivity contribution < 1.29 is 9.94 Å². The van der Waals surface area contributed by atoms with Crippen molar-refractivity contribution in [2.45, 2.75) is 6.10 Å². The predicted molar refractivity (Wildman–Crippen MR) is 44.2 cm³/mol. The molecule has 0 saturated heterocycles. The van der Waals surface area contributed by atoms with Crippen molar-refractivity contribution in [3.05, 3.63) is 42.1 Å². The van der Waals surface area contributed by atoms with Crippen LogP contribution < -0.4 is 5.48 Å². The molecule has 0 aliphatic carbocycles. The zero-order chi connectivity index (χ0) is 8.39. The van der Waals surface area contributed by atoms with E-state index in [4.69, 9.17) is 9.94 Å². The summed E-state index contributed by atoms with van der Waals surface area (Å²) in [5.74, 6) is 0.272. The van der Waals surface area contributed by atoms with Crippen LogP contribution in [-0.2, 0) is 4.84 Å². The smallest absolute Gasteiger partial charge is 0.130 e. The van der Waals surface area contributed by atoms with Gasteiger partial charge in [0, 0.05) is 6.20 Å². The summed E-state index contributed by atoms with van der Waals surface area (Å²) < 4.78 is 0. The number of phenolic OH excluding ortho intramolecular Hbond substituents is 1. The van der Waals surface area contributed by atoms with Gasteiger partial charge in [0.25, 0.3) is 0 Å². The summed E-state index contributed by atoms with van der Waals surface area (Å²) in [5, 5.41) is 9.03. The fraction of sp³-hybridized carbons (Fsp3) is 0.111. The van der Waals surface area contributed by atoms with Crippen LogP contribution in [0.5, 0.6) is 5.75 Å². The van der Waals surface area contributed by atoms with E-state index in [1.165, 1.54) is 0 Å².